The summed E-state index contributed by atoms with van der Waals surface area (Å²) in [6, 6.07) is 10.8. The summed E-state index contributed by atoms with van der Waals surface area (Å²) in [7, 11) is 4.78. The lowest BCUT2D eigenvalue weighted by Crippen LogP contribution is -2.04. The predicted octanol–water partition coefficient (Wildman–Crippen LogP) is 3.69. The number of methoxy groups -OCH3 is 3. The average molecular weight is 337 g/mol. The molecular formula is C20H19NO4. The molecule has 0 fully saturated rings. The molecule has 0 saturated heterocycles. The number of ether oxygens (including phenoxy) is 3. The minimum atomic E-state index is 0.0201. The number of hydrogen-bond acceptors (Lipinski definition) is 5. The van der Waals surface area contributed by atoms with Gasteiger partial charge in [-0.2, -0.15) is 0 Å². The largest absolute Gasteiger partial charge is 0.497 e. The minimum absolute atomic E-state index is 0.0201. The van der Waals surface area contributed by atoms with E-state index in [1.807, 2.05) is 12.1 Å². The molecular weight excluding hydrogens is 318 g/mol. The maximum Gasteiger partial charge on any atom is 0.167 e. The van der Waals surface area contributed by atoms with Crippen LogP contribution in [-0.2, 0) is 6.42 Å². The molecule has 0 N–H and O–H groups in total. The Labute approximate surface area is 146 Å². The summed E-state index contributed by atoms with van der Waals surface area (Å²) in [4.78, 5) is 16.9. The van der Waals surface area contributed by atoms with E-state index in [4.69, 9.17) is 14.2 Å². The lowest BCUT2D eigenvalue weighted by molar-refractivity contribution is 0.0993. The van der Waals surface area contributed by atoms with Crippen LogP contribution in [0.1, 0.15) is 15.9 Å². The third-order valence-corrected chi connectivity index (χ3v) is 4.11. The van der Waals surface area contributed by atoms with Crippen molar-refractivity contribution in [3.63, 3.8) is 0 Å². The number of ketones is 1. The van der Waals surface area contributed by atoms with Gasteiger partial charge in [-0.15, -0.1) is 0 Å². The normalized spacial score (nSPS) is 10.5. The molecule has 1 aromatic heterocycles. The van der Waals surface area contributed by atoms with E-state index < -0.39 is 0 Å². The van der Waals surface area contributed by atoms with Crippen LogP contribution in [0.3, 0.4) is 0 Å². The van der Waals surface area contributed by atoms with Gasteiger partial charge in [0.05, 0.1) is 21.3 Å². The summed E-state index contributed by atoms with van der Waals surface area (Å²) in [5, 5.41) is 1.83. The fraction of sp³-hybridized carbons (Fsp3) is 0.200. The third-order valence-electron chi connectivity index (χ3n) is 4.11. The number of hydrogen-bond donors (Lipinski definition) is 0. The van der Waals surface area contributed by atoms with Crippen molar-refractivity contribution in [1.29, 1.82) is 0 Å². The second kappa shape index (κ2) is 7.21. The van der Waals surface area contributed by atoms with Gasteiger partial charge in [-0.25, -0.2) is 0 Å². The Morgan fingerprint density at radius 2 is 1.60 bits per heavy atom. The molecule has 2 aromatic carbocycles. The van der Waals surface area contributed by atoms with Crippen LogP contribution in [0.2, 0.25) is 0 Å². The van der Waals surface area contributed by atoms with Crippen LogP contribution in [0.15, 0.2) is 48.8 Å². The smallest absolute Gasteiger partial charge is 0.167 e. The molecule has 5 heteroatoms. The van der Waals surface area contributed by atoms with Gasteiger partial charge in [0.1, 0.15) is 5.75 Å². The van der Waals surface area contributed by atoms with Crippen molar-refractivity contribution in [3.8, 4) is 17.2 Å². The SMILES string of the molecule is COc1ccc(C(=O)Cc2cncc3cc(OC)c(OC)cc23)cc1. The quantitative estimate of drug-likeness (QED) is 0.642. The Morgan fingerprint density at radius 1 is 0.920 bits per heavy atom. The number of carbonyl (C=O) groups excluding carboxylic acids is 1. The summed E-state index contributed by atoms with van der Waals surface area (Å²) >= 11 is 0. The maximum atomic E-state index is 12.6. The van der Waals surface area contributed by atoms with Gasteiger partial charge in [0, 0.05) is 29.8 Å². The minimum Gasteiger partial charge on any atom is -0.497 e. The van der Waals surface area contributed by atoms with Crippen molar-refractivity contribution in [1.82, 2.24) is 4.98 Å². The zero-order chi connectivity index (χ0) is 17.8. The number of Topliss-reactive ketones (excluding diaryl/α,β-unsaturated/α-hetero) is 1. The van der Waals surface area contributed by atoms with E-state index in [0.717, 1.165) is 22.1 Å². The van der Waals surface area contributed by atoms with E-state index in [-0.39, 0.29) is 12.2 Å². The molecule has 0 bridgehead atoms. The van der Waals surface area contributed by atoms with Gasteiger partial charge in [-0.3, -0.25) is 9.78 Å². The average Bonchev–Trinajstić information content (AvgIpc) is 2.67. The fourth-order valence-electron chi connectivity index (χ4n) is 2.75. The number of nitrogens with zero attached hydrogens (tertiary/aromatic N) is 1. The van der Waals surface area contributed by atoms with E-state index in [1.165, 1.54) is 0 Å². The monoisotopic (exact) mass is 337 g/mol. The first kappa shape index (κ1) is 16.8. The van der Waals surface area contributed by atoms with Crippen molar-refractivity contribution in [2.24, 2.45) is 0 Å². The van der Waals surface area contributed by atoms with Crippen molar-refractivity contribution >= 4 is 16.6 Å². The zero-order valence-corrected chi connectivity index (χ0v) is 14.4. The molecule has 0 radical (unpaired) electrons. The second-order valence-electron chi connectivity index (χ2n) is 5.56. The highest BCUT2D eigenvalue weighted by Gasteiger charge is 2.13. The van der Waals surface area contributed by atoms with Crippen LogP contribution in [0, 0.1) is 0 Å². The second-order valence-corrected chi connectivity index (χ2v) is 5.56. The van der Waals surface area contributed by atoms with E-state index >= 15 is 0 Å². The Bertz CT molecular complexity index is 903. The van der Waals surface area contributed by atoms with Crippen LogP contribution >= 0.6 is 0 Å². The van der Waals surface area contributed by atoms with Crippen LogP contribution in [0.4, 0.5) is 0 Å². The van der Waals surface area contributed by atoms with Gasteiger partial charge in [0.2, 0.25) is 0 Å². The van der Waals surface area contributed by atoms with Gasteiger partial charge >= 0.3 is 0 Å². The first-order valence-electron chi connectivity index (χ1n) is 7.82. The third kappa shape index (κ3) is 3.40. The van der Waals surface area contributed by atoms with Crippen molar-refractivity contribution in [2.75, 3.05) is 21.3 Å². The summed E-state index contributed by atoms with van der Waals surface area (Å²) in [5.74, 6) is 2.00. The van der Waals surface area contributed by atoms with Gasteiger partial charge < -0.3 is 14.2 Å². The van der Waals surface area contributed by atoms with Gasteiger partial charge in [-0.1, -0.05) is 0 Å². The van der Waals surface area contributed by atoms with Crippen LogP contribution < -0.4 is 14.2 Å². The Morgan fingerprint density at radius 3 is 2.24 bits per heavy atom. The number of pyridine rings is 1. The molecule has 0 aliphatic rings. The summed E-state index contributed by atoms with van der Waals surface area (Å²) < 4.78 is 15.8. The van der Waals surface area contributed by atoms with Crippen molar-refractivity contribution in [2.45, 2.75) is 6.42 Å². The highest BCUT2D eigenvalue weighted by molar-refractivity contribution is 6.00. The molecule has 0 aliphatic heterocycles. The molecule has 25 heavy (non-hydrogen) atoms. The highest BCUT2D eigenvalue weighted by Crippen LogP contribution is 2.33. The molecule has 128 valence electrons. The standard InChI is InChI=1S/C20H19NO4/c1-23-16-6-4-13(5-7-16)18(22)8-14-11-21-12-15-9-19(24-2)20(25-3)10-17(14)15/h4-7,9-12H,8H2,1-3H3. The molecule has 3 aromatic rings. The summed E-state index contributed by atoms with van der Waals surface area (Å²) in [6.07, 6.45) is 3.72. The first-order chi connectivity index (χ1) is 12.2. The van der Waals surface area contributed by atoms with Gasteiger partial charge in [-0.05, 0) is 47.3 Å². The number of carbonyl (C=O) groups is 1. The van der Waals surface area contributed by atoms with Gasteiger partial charge in [0.25, 0.3) is 0 Å². The fourth-order valence-corrected chi connectivity index (χ4v) is 2.75. The van der Waals surface area contributed by atoms with Crippen LogP contribution in [-0.4, -0.2) is 32.1 Å². The molecule has 0 aliphatic carbocycles. The number of benzene rings is 2. The Kier molecular flexibility index (Phi) is 4.84. The molecule has 0 atom stereocenters. The van der Waals surface area contributed by atoms with E-state index in [9.17, 15) is 4.79 Å². The van der Waals surface area contributed by atoms with E-state index in [2.05, 4.69) is 4.98 Å². The first-order valence-corrected chi connectivity index (χ1v) is 7.82. The van der Waals surface area contributed by atoms with E-state index in [1.54, 1.807) is 58.0 Å². The lowest BCUT2D eigenvalue weighted by atomic mass is 9.99. The Hall–Kier alpha value is -3.08. The molecule has 5 nitrogen and oxygen atoms in total. The lowest BCUT2D eigenvalue weighted by Gasteiger charge is -2.11. The van der Waals surface area contributed by atoms with Crippen LogP contribution in [0.25, 0.3) is 10.8 Å². The molecule has 0 spiro atoms. The molecule has 0 unspecified atom stereocenters. The van der Waals surface area contributed by atoms with E-state index in [0.29, 0.717) is 17.1 Å². The topological polar surface area (TPSA) is 57.7 Å². The van der Waals surface area contributed by atoms with Crippen molar-refractivity contribution in [3.05, 3.63) is 59.9 Å². The molecule has 0 amide bonds. The summed E-state index contributed by atoms with van der Waals surface area (Å²) in [6.45, 7) is 0. The Balaban J connectivity index is 1.96. The molecule has 3 rings (SSSR count). The van der Waals surface area contributed by atoms with Crippen molar-refractivity contribution < 1.29 is 19.0 Å². The maximum absolute atomic E-state index is 12.6. The van der Waals surface area contributed by atoms with Crippen LogP contribution in [0.5, 0.6) is 17.2 Å². The van der Waals surface area contributed by atoms with Gasteiger partial charge in [0.15, 0.2) is 17.3 Å². The molecule has 0 saturated carbocycles. The number of aromatic nitrogens is 1. The highest BCUT2D eigenvalue weighted by atomic mass is 16.5. The molecule has 1 heterocycles. The summed E-state index contributed by atoms with van der Waals surface area (Å²) in [5.41, 5.74) is 1.48. The predicted molar refractivity (Wildman–Crippen MR) is 95.9 cm³/mol. The zero-order valence-electron chi connectivity index (χ0n) is 14.4. The number of rotatable bonds is 6. The number of fused-ring (bicyclic) bond motifs is 1.